The standard InChI is InChI=1S/C17H18FNO2/c1-19-10-12-3-2-4-15(7-12)20-11-16-9-13-8-14(18)5-6-17(13)21-16/h2-8,16,19H,9-11H2,1H3. The Morgan fingerprint density at radius 2 is 2.19 bits per heavy atom. The van der Waals surface area contributed by atoms with Gasteiger partial charge in [0.2, 0.25) is 0 Å². The highest BCUT2D eigenvalue weighted by atomic mass is 19.1. The van der Waals surface area contributed by atoms with Gasteiger partial charge < -0.3 is 14.8 Å². The van der Waals surface area contributed by atoms with Gasteiger partial charge in [-0.15, -0.1) is 0 Å². The molecular weight excluding hydrogens is 269 g/mol. The van der Waals surface area contributed by atoms with Gasteiger partial charge in [-0.25, -0.2) is 4.39 Å². The molecule has 21 heavy (non-hydrogen) atoms. The second-order valence-electron chi connectivity index (χ2n) is 5.18. The Bertz CT molecular complexity index is 630. The molecule has 1 aliphatic rings. The summed E-state index contributed by atoms with van der Waals surface area (Å²) < 4.78 is 24.7. The summed E-state index contributed by atoms with van der Waals surface area (Å²) in [7, 11) is 1.91. The van der Waals surface area contributed by atoms with E-state index in [1.807, 2.05) is 31.3 Å². The lowest BCUT2D eigenvalue weighted by Gasteiger charge is -2.13. The highest BCUT2D eigenvalue weighted by Gasteiger charge is 2.23. The average molecular weight is 287 g/mol. The molecule has 0 spiro atoms. The Balaban J connectivity index is 1.58. The molecule has 0 bridgehead atoms. The lowest BCUT2D eigenvalue weighted by Crippen LogP contribution is -2.22. The van der Waals surface area contributed by atoms with Crippen LogP contribution >= 0.6 is 0 Å². The molecule has 0 fully saturated rings. The molecule has 1 atom stereocenters. The minimum atomic E-state index is -0.223. The van der Waals surface area contributed by atoms with Crippen molar-refractivity contribution in [3.63, 3.8) is 0 Å². The summed E-state index contributed by atoms with van der Waals surface area (Å²) in [6, 6.07) is 12.6. The maximum atomic E-state index is 13.2. The van der Waals surface area contributed by atoms with E-state index in [2.05, 4.69) is 5.32 Å². The third kappa shape index (κ3) is 3.34. The zero-order valence-corrected chi connectivity index (χ0v) is 11.9. The molecule has 1 heterocycles. The topological polar surface area (TPSA) is 30.5 Å². The third-order valence-corrected chi connectivity index (χ3v) is 3.48. The van der Waals surface area contributed by atoms with Crippen molar-refractivity contribution in [1.29, 1.82) is 0 Å². The number of halogens is 1. The van der Waals surface area contributed by atoms with Crippen LogP contribution < -0.4 is 14.8 Å². The average Bonchev–Trinajstić information content (AvgIpc) is 2.88. The minimum absolute atomic E-state index is 0.0604. The van der Waals surface area contributed by atoms with E-state index in [1.165, 1.54) is 17.7 Å². The van der Waals surface area contributed by atoms with Gasteiger partial charge in [0, 0.05) is 18.5 Å². The first-order chi connectivity index (χ1) is 10.2. The zero-order chi connectivity index (χ0) is 14.7. The number of ether oxygens (including phenoxy) is 2. The van der Waals surface area contributed by atoms with Gasteiger partial charge >= 0.3 is 0 Å². The second kappa shape index (κ2) is 6.14. The molecule has 1 unspecified atom stereocenters. The fraction of sp³-hybridized carbons (Fsp3) is 0.294. The smallest absolute Gasteiger partial charge is 0.137 e. The molecule has 0 aromatic heterocycles. The van der Waals surface area contributed by atoms with Crippen LogP contribution in [-0.2, 0) is 13.0 Å². The maximum absolute atomic E-state index is 13.2. The Labute approximate surface area is 123 Å². The van der Waals surface area contributed by atoms with Gasteiger partial charge in [-0.3, -0.25) is 0 Å². The van der Waals surface area contributed by atoms with Crippen LogP contribution in [0.15, 0.2) is 42.5 Å². The van der Waals surface area contributed by atoms with Crippen LogP contribution in [0.3, 0.4) is 0 Å². The molecule has 2 aromatic rings. The molecule has 1 aliphatic heterocycles. The van der Waals surface area contributed by atoms with Gasteiger partial charge in [-0.2, -0.15) is 0 Å². The van der Waals surface area contributed by atoms with Crippen LogP contribution in [0.25, 0.3) is 0 Å². The van der Waals surface area contributed by atoms with E-state index >= 15 is 0 Å². The van der Waals surface area contributed by atoms with Crippen molar-refractivity contribution in [2.24, 2.45) is 0 Å². The van der Waals surface area contributed by atoms with Gasteiger partial charge in [0.05, 0.1) is 0 Å². The van der Waals surface area contributed by atoms with Crippen LogP contribution in [-0.4, -0.2) is 19.8 Å². The maximum Gasteiger partial charge on any atom is 0.137 e. The first kappa shape index (κ1) is 13.9. The molecule has 3 nitrogen and oxygen atoms in total. The van der Waals surface area contributed by atoms with Gasteiger partial charge in [0.25, 0.3) is 0 Å². The Morgan fingerprint density at radius 1 is 1.29 bits per heavy atom. The molecular formula is C17H18FNO2. The van der Waals surface area contributed by atoms with E-state index < -0.39 is 0 Å². The first-order valence-corrected chi connectivity index (χ1v) is 7.06. The van der Waals surface area contributed by atoms with Crippen molar-refractivity contribution in [1.82, 2.24) is 5.32 Å². The van der Waals surface area contributed by atoms with Crippen molar-refractivity contribution in [2.45, 2.75) is 19.1 Å². The van der Waals surface area contributed by atoms with Crippen molar-refractivity contribution in [3.05, 3.63) is 59.4 Å². The first-order valence-electron chi connectivity index (χ1n) is 7.06. The molecule has 0 radical (unpaired) electrons. The van der Waals surface area contributed by atoms with Crippen LogP contribution in [0, 0.1) is 5.82 Å². The minimum Gasteiger partial charge on any atom is -0.490 e. The molecule has 0 saturated carbocycles. The van der Waals surface area contributed by atoms with Crippen molar-refractivity contribution >= 4 is 0 Å². The number of fused-ring (bicyclic) bond motifs is 1. The fourth-order valence-electron chi connectivity index (χ4n) is 2.52. The summed E-state index contributed by atoms with van der Waals surface area (Å²) in [5, 5.41) is 3.11. The van der Waals surface area contributed by atoms with E-state index in [-0.39, 0.29) is 11.9 Å². The number of hydrogen-bond acceptors (Lipinski definition) is 3. The number of rotatable bonds is 5. The van der Waals surface area contributed by atoms with Gasteiger partial charge in [-0.1, -0.05) is 12.1 Å². The molecule has 110 valence electrons. The summed E-state index contributed by atoms with van der Waals surface area (Å²) in [5.74, 6) is 1.36. The predicted molar refractivity (Wildman–Crippen MR) is 79.2 cm³/mol. The molecule has 0 saturated heterocycles. The lowest BCUT2D eigenvalue weighted by atomic mass is 10.1. The highest BCUT2D eigenvalue weighted by molar-refractivity contribution is 5.38. The lowest BCUT2D eigenvalue weighted by molar-refractivity contribution is 0.148. The highest BCUT2D eigenvalue weighted by Crippen LogP contribution is 2.29. The zero-order valence-electron chi connectivity index (χ0n) is 11.9. The fourth-order valence-corrected chi connectivity index (χ4v) is 2.52. The van der Waals surface area contributed by atoms with Crippen LogP contribution in [0.2, 0.25) is 0 Å². The van der Waals surface area contributed by atoms with Gasteiger partial charge in [-0.05, 0) is 42.9 Å². The van der Waals surface area contributed by atoms with Crippen molar-refractivity contribution in [3.8, 4) is 11.5 Å². The van der Waals surface area contributed by atoms with E-state index in [9.17, 15) is 4.39 Å². The van der Waals surface area contributed by atoms with E-state index in [1.54, 1.807) is 6.07 Å². The predicted octanol–water partition coefficient (Wildman–Crippen LogP) is 2.93. The summed E-state index contributed by atoms with van der Waals surface area (Å²) >= 11 is 0. The SMILES string of the molecule is CNCc1cccc(OCC2Cc3cc(F)ccc3O2)c1. The summed E-state index contributed by atoms with van der Waals surface area (Å²) in [6.07, 6.45) is 0.623. The van der Waals surface area contributed by atoms with E-state index in [0.29, 0.717) is 13.0 Å². The van der Waals surface area contributed by atoms with Crippen LogP contribution in [0.1, 0.15) is 11.1 Å². The van der Waals surface area contributed by atoms with Gasteiger partial charge in [0.1, 0.15) is 30.0 Å². The summed E-state index contributed by atoms with van der Waals surface area (Å²) in [5.41, 5.74) is 2.08. The van der Waals surface area contributed by atoms with E-state index in [0.717, 1.165) is 23.6 Å². The largest absolute Gasteiger partial charge is 0.490 e. The Morgan fingerprint density at radius 3 is 3.05 bits per heavy atom. The molecule has 3 rings (SSSR count). The Hall–Kier alpha value is -2.07. The molecule has 4 heteroatoms. The van der Waals surface area contributed by atoms with Gasteiger partial charge in [0.15, 0.2) is 0 Å². The number of hydrogen-bond donors (Lipinski definition) is 1. The van der Waals surface area contributed by atoms with Crippen molar-refractivity contribution in [2.75, 3.05) is 13.7 Å². The second-order valence-corrected chi connectivity index (χ2v) is 5.18. The monoisotopic (exact) mass is 287 g/mol. The summed E-state index contributed by atoms with van der Waals surface area (Å²) in [6.45, 7) is 1.27. The molecule has 2 aromatic carbocycles. The molecule has 0 amide bonds. The third-order valence-electron chi connectivity index (χ3n) is 3.48. The number of benzene rings is 2. The van der Waals surface area contributed by atoms with Crippen LogP contribution in [0.4, 0.5) is 4.39 Å². The van der Waals surface area contributed by atoms with E-state index in [4.69, 9.17) is 9.47 Å². The van der Waals surface area contributed by atoms with Crippen molar-refractivity contribution < 1.29 is 13.9 Å². The quantitative estimate of drug-likeness (QED) is 0.917. The molecule has 0 aliphatic carbocycles. The molecule has 1 N–H and O–H groups in total. The summed E-state index contributed by atoms with van der Waals surface area (Å²) in [4.78, 5) is 0. The van der Waals surface area contributed by atoms with Crippen LogP contribution in [0.5, 0.6) is 11.5 Å². The normalized spacial score (nSPS) is 16.4. The Kier molecular flexibility index (Phi) is 4.06. The number of nitrogens with one attached hydrogen (secondary N) is 1.